The third-order valence-corrected chi connectivity index (χ3v) is 3.36. The minimum Gasteiger partial charge on any atom is -0.338 e. The van der Waals surface area contributed by atoms with Crippen LogP contribution < -0.4 is 10.6 Å². The van der Waals surface area contributed by atoms with Gasteiger partial charge in [0.15, 0.2) is 0 Å². The molecule has 4 nitrogen and oxygen atoms in total. The van der Waals surface area contributed by atoms with Crippen molar-refractivity contribution in [3.05, 3.63) is 30.3 Å². The molecule has 0 unspecified atom stereocenters. The first-order valence-corrected chi connectivity index (χ1v) is 7.58. The summed E-state index contributed by atoms with van der Waals surface area (Å²) < 4.78 is 0. The van der Waals surface area contributed by atoms with Crippen molar-refractivity contribution in [2.24, 2.45) is 0 Å². The van der Waals surface area contributed by atoms with Gasteiger partial charge in [-0.2, -0.15) is 0 Å². The molecule has 1 aromatic carbocycles. The van der Waals surface area contributed by atoms with Gasteiger partial charge in [-0.25, -0.2) is 4.79 Å². The molecule has 0 aromatic heterocycles. The molecule has 0 heterocycles. The van der Waals surface area contributed by atoms with Crippen LogP contribution in [0, 0.1) is 0 Å². The molecule has 112 valence electrons. The van der Waals surface area contributed by atoms with Gasteiger partial charge in [0.1, 0.15) is 0 Å². The van der Waals surface area contributed by atoms with Crippen molar-refractivity contribution >= 4 is 11.7 Å². The van der Waals surface area contributed by atoms with Gasteiger partial charge in [0.05, 0.1) is 0 Å². The van der Waals surface area contributed by atoms with Crippen molar-refractivity contribution in [2.75, 3.05) is 31.5 Å². The Hall–Kier alpha value is -1.55. The van der Waals surface area contributed by atoms with E-state index < -0.39 is 0 Å². The van der Waals surface area contributed by atoms with Crippen LogP contribution in [0.1, 0.15) is 33.1 Å². The topological polar surface area (TPSA) is 44.4 Å². The molecule has 4 heteroatoms. The van der Waals surface area contributed by atoms with E-state index in [-0.39, 0.29) is 6.03 Å². The summed E-state index contributed by atoms with van der Waals surface area (Å²) in [6.07, 6.45) is 3.38. The number of hydrogen-bond acceptors (Lipinski definition) is 2. The Balaban J connectivity index is 2.02. The maximum Gasteiger partial charge on any atom is 0.319 e. The van der Waals surface area contributed by atoms with E-state index in [1.165, 1.54) is 6.42 Å². The van der Waals surface area contributed by atoms with Gasteiger partial charge in [0, 0.05) is 12.2 Å². The highest BCUT2D eigenvalue weighted by Crippen LogP contribution is 2.04. The minimum atomic E-state index is -0.125. The highest BCUT2D eigenvalue weighted by molar-refractivity contribution is 5.89. The Labute approximate surface area is 122 Å². The third kappa shape index (κ3) is 7.14. The van der Waals surface area contributed by atoms with Crippen LogP contribution in [0.25, 0.3) is 0 Å². The molecule has 0 saturated heterocycles. The first-order chi connectivity index (χ1) is 9.76. The third-order valence-electron chi connectivity index (χ3n) is 3.36. The lowest BCUT2D eigenvalue weighted by molar-refractivity contribution is 0.251. The minimum absolute atomic E-state index is 0.125. The van der Waals surface area contributed by atoms with Crippen LogP contribution in [-0.2, 0) is 0 Å². The number of unbranched alkanes of at least 4 members (excludes halogenated alkanes) is 2. The second-order valence-corrected chi connectivity index (χ2v) is 4.83. The van der Waals surface area contributed by atoms with E-state index in [0.717, 1.165) is 44.7 Å². The van der Waals surface area contributed by atoms with Crippen LogP contribution in [-0.4, -0.2) is 37.1 Å². The molecular formula is C16H27N3O. The molecule has 0 atom stereocenters. The van der Waals surface area contributed by atoms with Crippen LogP contribution in [0.4, 0.5) is 10.5 Å². The second-order valence-electron chi connectivity index (χ2n) is 4.83. The molecule has 1 rings (SSSR count). The van der Waals surface area contributed by atoms with E-state index in [4.69, 9.17) is 0 Å². The Morgan fingerprint density at radius 3 is 2.40 bits per heavy atom. The molecule has 0 aliphatic carbocycles. The number of nitrogens with zero attached hydrogens (tertiary/aromatic N) is 1. The maximum absolute atomic E-state index is 11.6. The molecule has 0 saturated carbocycles. The molecule has 0 fully saturated rings. The molecule has 0 aliphatic rings. The Kier molecular flexibility index (Phi) is 8.47. The zero-order valence-corrected chi connectivity index (χ0v) is 12.7. The highest BCUT2D eigenvalue weighted by Gasteiger charge is 2.01. The number of nitrogens with one attached hydrogen (secondary N) is 2. The molecular weight excluding hydrogens is 250 g/mol. The maximum atomic E-state index is 11.6. The van der Waals surface area contributed by atoms with Crippen molar-refractivity contribution in [3.63, 3.8) is 0 Å². The van der Waals surface area contributed by atoms with Crippen LogP contribution >= 0.6 is 0 Å². The summed E-state index contributed by atoms with van der Waals surface area (Å²) in [4.78, 5) is 14.0. The van der Waals surface area contributed by atoms with E-state index in [1.807, 2.05) is 30.3 Å². The molecule has 2 N–H and O–H groups in total. The zero-order valence-electron chi connectivity index (χ0n) is 12.7. The molecule has 0 bridgehead atoms. The van der Waals surface area contributed by atoms with Crippen LogP contribution in [0.15, 0.2) is 30.3 Å². The van der Waals surface area contributed by atoms with E-state index in [2.05, 4.69) is 29.4 Å². The molecule has 2 amide bonds. The molecule has 0 spiro atoms. The standard InChI is InChI=1S/C16H27N3O/c1-3-19(4-2)14-10-6-9-13-17-16(20)18-15-11-7-5-8-12-15/h5,7-8,11-12H,3-4,6,9-10,13-14H2,1-2H3,(H2,17,18,20). The summed E-state index contributed by atoms with van der Waals surface area (Å²) in [5, 5.41) is 5.69. The fourth-order valence-electron chi connectivity index (χ4n) is 2.08. The fraction of sp³-hybridized carbons (Fsp3) is 0.562. The van der Waals surface area contributed by atoms with E-state index in [0.29, 0.717) is 0 Å². The molecule has 0 radical (unpaired) electrons. The van der Waals surface area contributed by atoms with Crippen molar-refractivity contribution in [1.29, 1.82) is 0 Å². The fourth-order valence-corrected chi connectivity index (χ4v) is 2.08. The lowest BCUT2D eigenvalue weighted by Gasteiger charge is -2.17. The quantitative estimate of drug-likeness (QED) is 0.680. The summed E-state index contributed by atoms with van der Waals surface area (Å²) in [6, 6.07) is 9.37. The average Bonchev–Trinajstić information content (AvgIpc) is 2.47. The number of hydrogen-bond donors (Lipinski definition) is 2. The number of anilines is 1. The molecule has 1 aromatic rings. The average molecular weight is 277 g/mol. The monoisotopic (exact) mass is 277 g/mol. The van der Waals surface area contributed by atoms with Gasteiger partial charge in [-0.1, -0.05) is 38.5 Å². The van der Waals surface area contributed by atoms with Gasteiger partial charge < -0.3 is 15.5 Å². The Bertz CT molecular complexity index is 363. The van der Waals surface area contributed by atoms with Gasteiger partial charge in [0.2, 0.25) is 0 Å². The highest BCUT2D eigenvalue weighted by atomic mass is 16.2. The summed E-state index contributed by atoms with van der Waals surface area (Å²) in [5.74, 6) is 0. The van der Waals surface area contributed by atoms with Crippen molar-refractivity contribution in [2.45, 2.75) is 33.1 Å². The number of urea groups is 1. The van der Waals surface area contributed by atoms with Crippen LogP contribution in [0.5, 0.6) is 0 Å². The number of carbonyl (C=O) groups is 1. The summed E-state index contributed by atoms with van der Waals surface area (Å²) in [5.41, 5.74) is 0.825. The van der Waals surface area contributed by atoms with Gasteiger partial charge in [0.25, 0.3) is 0 Å². The lowest BCUT2D eigenvalue weighted by atomic mass is 10.2. The van der Waals surface area contributed by atoms with Crippen molar-refractivity contribution in [3.8, 4) is 0 Å². The summed E-state index contributed by atoms with van der Waals surface area (Å²) >= 11 is 0. The number of rotatable bonds is 9. The Morgan fingerprint density at radius 1 is 1.05 bits per heavy atom. The predicted octanol–water partition coefficient (Wildman–Crippen LogP) is 3.32. The zero-order chi connectivity index (χ0) is 14.6. The molecule has 20 heavy (non-hydrogen) atoms. The van der Waals surface area contributed by atoms with Crippen molar-refractivity contribution in [1.82, 2.24) is 10.2 Å². The van der Waals surface area contributed by atoms with E-state index in [1.54, 1.807) is 0 Å². The number of amides is 2. The normalized spacial score (nSPS) is 10.6. The van der Waals surface area contributed by atoms with Gasteiger partial charge >= 0.3 is 6.03 Å². The SMILES string of the molecule is CCN(CC)CCCCCNC(=O)Nc1ccccc1. The second kappa shape index (κ2) is 10.3. The van der Waals surface area contributed by atoms with Gasteiger partial charge in [-0.3, -0.25) is 0 Å². The van der Waals surface area contributed by atoms with Crippen LogP contribution in [0.2, 0.25) is 0 Å². The van der Waals surface area contributed by atoms with Gasteiger partial charge in [-0.15, -0.1) is 0 Å². The van der Waals surface area contributed by atoms with Crippen LogP contribution in [0.3, 0.4) is 0 Å². The van der Waals surface area contributed by atoms with E-state index >= 15 is 0 Å². The summed E-state index contributed by atoms with van der Waals surface area (Å²) in [6.45, 7) is 8.51. The smallest absolute Gasteiger partial charge is 0.319 e. The summed E-state index contributed by atoms with van der Waals surface area (Å²) in [7, 11) is 0. The van der Waals surface area contributed by atoms with E-state index in [9.17, 15) is 4.79 Å². The predicted molar refractivity (Wildman–Crippen MR) is 85.1 cm³/mol. The number of para-hydroxylation sites is 1. The number of carbonyl (C=O) groups excluding carboxylic acids is 1. The first-order valence-electron chi connectivity index (χ1n) is 7.58. The number of benzene rings is 1. The lowest BCUT2D eigenvalue weighted by Crippen LogP contribution is -2.29. The largest absolute Gasteiger partial charge is 0.338 e. The van der Waals surface area contributed by atoms with Gasteiger partial charge in [-0.05, 0) is 44.6 Å². The van der Waals surface area contributed by atoms with Crippen molar-refractivity contribution < 1.29 is 4.79 Å². The first kappa shape index (κ1) is 16.5. The molecule has 0 aliphatic heterocycles. The Morgan fingerprint density at radius 2 is 1.75 bits per heavy atom.